The van der Waals surface area contributed by atoms with Crippen molar-refractivity contribution in [3.8, 4) is 0 Å². The second kappa shape index (κ2) is 8.77. The number of hydrogen-bond donors (Lipinski definition) is 2. The summed E-state index contributed by atoms with van der Waals surface area (Å²) < 4.78 is 0. The molecule has 0 saturated carbocycles. The molecule has 0 bridgehead atoms. The number of unbranched alkanes of at least 4 members (excludes halogenated alkanes) is 1. The Morgan fingerprint density at radius 2 is 1.55 bits per heavy atom. The van der Waals surface area contributed by atoms with Crippen molar-refractivity contribution in [3.05, 3.63) is 11.4 Å². The molecular weight excluding hydrogens is 248 g/mol. The van der Waals surface area contributed by atoms with E-state index in [2.05, 4.69) is 48.3 Å². The maximum Gasteiger partial charge on any atom is 0.134 e. The maximum absolute atomic E-state index is 4.51. The standard InChI is InChI=1S/C16H30N4/c1-6-10-17-15-13(4)16(20-14(5)19-15)18-11-8-7-9-12(2)3/h12H,6-11H2,1-5H3,(H2,17,18,19,20). The minimum absolute atomic E-state index is 0.794. The zero-order valence-electron chi connectivity index (χ0n) is 13.7. The molecule has 1 heterocycles. The van der Waals surface area contributed by atoms with Crippen molar-refractivity contribution in [2.45, 2.75) is 60.3 Å². The van der Waals surface area contributed by atoms with Gasteiger partial charge >= 0.3 is 0 Å². The average molecular weight is 278 g/mol. The molecule has 2 N–H and O–H groups in total. The van der Waals surface area contributed by atoms with Crippen LogP contribution in [0.5, 0.6) is 0 Å². The Morgan fingerprint density at radius 1 is 0.950 bits per heavy atom. The Labute approximate surface area is 123 Å². The second-order valence-corrected chi connectivity index (χ2v) is 5.84. The van der Waals surface area contributed by atoms with Crippen molar-refractivity contribution >= 4 is 11.6 Å². The van der Waals surface area contributed by atoms with Crippen LogP contribution in [0.4, 0.5) is 11.6 Å². The van der Waals surface area contributed by atoms with Crippen LogP contribution in [0.2, 0.25) is 0 Å². The van der Waals surface area contributed by atoms with Gasteiger partial charge in [0, 0.05) is 18.7 Å². The zero-order chi connectivity index (χ0) is 15.0. The van der Waals surface area contributed by atoms with Gasteiger partial charge < -0.3 is 10.6 Å². The summed E-state index contributed by atoms with van der Waals surface area (Å²) in [5, 5.41) is 6.82. The Bertz CT molecular complexity index is 402. The van der Waals surface area contributed by atoms with Gasteiger partial charge in [-0.25, -0.2) is 9.97 Å². The van der Waals surface area contributed by atoms with Gasteiger partial charge in [0.25, 0.3) is 0 Å². The molecule has 4 nitrogen and oxygen atoms in total. The summed E-state index contributed by atoms with van der Waals surface area (Å²) in [5.41, 5.74) is 1.12. The lowest BCUT2D eigenvalue weighted by molar-refractivity contribution is 0.544. The summed E-state index contributed by atoms with van der Waals surface area (Å²) in [6.45, 7) is 12.7. The van der Waals surface area contributed by atoms with E-state index in [0.29, 0.717) is 0 Å². The number of aromatic nitrogens is 2. The lowest BCUT2D eigenvalue weighted by atomic mass is 10.1. The highest BCUT2D eigenvalue weighted by atomic mass is 15.1. The van der Waals surface area contributed by atoms with Crippen molar-refractivity contribution in [2.24, 2.45) is 5.92 Å². The van der Waals surface area contributed by atoms with Crippen LogP contribution < -0.4 is 10.6 Å². The largest absolute Gasteiger partial charge is 0.370 e. The third-order valence-electron chi connectivity index (χ3n) is 3.30. The van der Waals surface area contributed by atoms with Gasteiger partial charge in [0.2, 0.25) is 0 Å². The van der Waals surface area contributed by atoms with E-state index >= 15 is 0 Å². The van der Waals surface area contributed by atoms with E-state index in [4.69, 9.17) is 0 Å². The summed E-state index contributed by atoms with van der Waals surface area (Å²) in [4.78, 5) is 8.99. The molecular formula is C16H30N4. The van der Waals surface area contributed by atoms with E-state index in [9.17, 15) is 0 Å². The van der Waals surface area contributed by atoms with Gasteiger partial charge in [0.15, 0.2) is 0 Å². The highest BCUT2D eigenvalue weighted by Gasteiger charge is 2.08. The van der Waals surface area contributed by atoms with E-state index in [1.165, 1.54) is 19.3 Å². The van der Waals surface area contributed by atoms with E-state index in [0.717, 1.165) is 48.5 Å². The number of anilines is 2. The number of nitrogens with zero attached hydrogens (tertiary/aromatic N) is 2. The lowest BCUT2D eigenvalue weighted by Gasteiger charge is -2.14. The summed E-state index contributed by atoms with van der Waals surface area (Å²) >= 11 is 0. The molecule has 0 aliphatic heterocycles. The van der Waals surface area contributed by atoms with Crippen LogP contribution in [0.3, 0.4) is 0 Å². The molecule has 0 aliphatic carbocycles. The Balaban J connectivity index is 2.54. The number of aryl methyl sites for hydroxylation is 1. The molecule has 1 aromatic rings. The van der Waals surface area contributed by atoms with Crippen molar-refractivity contribution in [1.29, 1.82) is 0 Å². The minimum Gasteiger partial charge on any atom is -0.370 e. The molecule has 1 aromatic heterocycles. The smallest absolute Gasteiger partial charge is 0.134 e. The van der Waals surface area contributed by atoms with E-state index in [1.807, 2.05) is 6.92 Å². The average Bonchev–Trinajstić information content (AvgIpc) is 2.39. The van der Waals surface area contributed by atoms with Crippen LogP contribution in [0.1, 0.15) is 57.8 Å². The van der Waals surface area contributed by atoms with Crippen LogP contribution in [0.15, 0.2) is 0 Å². The van der Waals surface area contributed by atoms with E-state index in [1.54, 1.807) is 0 Å². The van der Waals surface area contributed by atoms with Crippen molar-refractivity contribution in [1.82, 2.24) is 9.97 Å². The molecule has 1 rings (SSSR count). The molecule has 0 spiro atoms. The van der Waals surface area contributed by atoms with Crippen LogP contribution in [0, 0.1) is 19.8 Å². The highest BCUT2D eigenvalue weighted by Crippen LogP contribution is 2.20. The summed E-state index contributed by atoms with van der Waals surface area (Å²) in [5.74, 6) is 3.55. The normalized spacial score (nSPS) is 10.9. The third-order valence-corrected chi connectivity index (χ3v) is 3.30. The van der Waals surface area contributed by atoms with E-state index < -0.39 is 0 Å². The molecule has 0 radical (unpaired) electrons. The predicted octanol–water partition coefficient (Wildman–Crippen LogP) is 4.15. The summed E-state index contributed by atoms with van der Waals surface area (Å²) in [6.07, 6.45) is 4.86. The first kappa shape index (κ1) is 16.7. The fourth-order valence-electron chi connectivity index (χ4n) is 2.10. The van der Waals surface area contributed by atoms with Crippen LogP contribution >= 0.6 is 0 Å². The topological polar surface area (TPSA) is 49.8 Å². The third kappa shape index (κ3) is 5.76. The second-order valence-electron chi connectivity index (χ2n) is 5.84. The van der Waals surface area contributed by atoms with Gasteiger partial charge in [-0.15, -0.1) is 0 Å². The number of nitrogens with one attached hydrogen (secondary N) is 2. The van der Waals surface area contributed by atoms with Crippen LogP contribution in [-0.4, -0.2) is 23.1 Å². The molecule has 0 aliphatic rings. The summed E-state index contributed by atoms with van der Waals surface area (Å²) in [6, 6.07) is 0. The molecule has 4 heteroatoms. The van der Waals surface area contributed by atoms with Crippen LogP contribution in [0.25, 0.3) is 0 Å². The van der Waals surface area contributed by atoms with Gasteiger partial charge in [0.05, 0.1) is 0 Å². The predicted molar refractivity (Wildman–Crippen MR) is 87.5 cm³/mol. The van der Waals surface area contributed by atoms with Gasteiger partial charge in [-0.3, -0.25) is 0 Å². The number of rotatable bonds is 9. The first-order valence-electron chi connectivity index (χ1n) is 7.87. The Hall–Kier alpha value is -1.32. The molecule has 0 fully saturated rings. The Morgan fingerprint density at radius 3 is 2.10 bits per heavy atom. The fraction of sp³-hybridized carbons (Fsp3) is 0.750. The van der Waals surface area contributed by atoms with Gasteiger partial charge in [0.1, 0.15) is 17.5 Å². The Kier molecular flexibility index (Phi) is 7.34. The molecule has 0 amide bonds. The van der Waals surface area contributed by atoms with Crippen LogP contribution in [-0.2, 0) is 0 Å². The maximum atomic E-state index is 4.51. The van der Waals surface area contributed by atoms with Gasteiger partial charge in [-0.1, -0.05) is 33.6 Å². The molecule has 114 valence electrons. The first-order chi connectivity index (χ1) is 9.54. The van der Waals surface area contributed by atoms with Gasteiger partial charge in [-0.05, 0) is 32.6 Å². The van der Waals surface area contributed by atoms with Crippen molar-refractivity contribution < 1.29 is 0 Å². The fourth-order valence-corrected chi connectivity index (χ4v) is 2.10. The molecule has 0 unspecified atom stereocenters. The van der Waals surface area contributed by atoms with Crippen molar-refractivity contribution in [3.63, 3.8) is 0 Å². The molecule has 20 heavy (non-hydrogen) atoms. The minimum atomic E-state index is 0.794. The quantitative estimate of drug-likeness (QED) is 0.666. The van der Waals surface area contributed by atoms with Crippen molar-refractivity contribution in [2.75, 3.05) is 23.7 Å². The first-order valence-corrected chi connectivity index (χ1v) is 7.87. The van der Waals surface area contributed by atoms with Gasteiger partial charge in [-0.2, -0.15) is 0 Å². The zero-order valence-corrected chi connectivity index (χ0v) is 13.7. The monoisotopic (exact) mass is 278 g/mol. The molecule has 0 atom stereocenters. The van der Waals surface area contributed by atoms with E-state index in [-0.39, 0.29) is 0 Å². The molecule has 0 aromatic carbocycles. The summed E-state index contributed by atoms with van der Waals surface area (Å²) in [7, 11) is 0. The number of hydrogen-bond acceptors (Lipinski definition) is 4. The highest BCUT2D eigenvalue weighted by molar-refractivity contribution is 5.57. The lowest BCUT2D eigenvalue weighted by Crippen LogP contribution is -2.11. The SMILES string of the molecule is CCCNc1nc(C)nc(NCCCCC(C)C)c1C. The molecule has 0 saturated heterocycles.